The molecule has 3 N–H and O–H groups in total. The van der Waals surface area contributed by atoms with Crippen LogP contribution in [0.15, 0.2) is 54.7 Å². The lowest BCUT2D eigenvalue weighted by atomic mass is 10.1. The predicted octanol–water partition coefficient (Wildman–Crippen LogP) is 3.57. The van der Waals surface area contributed by atoms with Gasteiger partial charge >= 0.3 is 0 Å². The number of anilines is 3. The van der Waals surface area contributed by atoms with E-state index in [1.54, 1.807) is 13.3 Å². The van der Waals surface area contributed by atoms with Gasteiger partial charge in [0.1, 0.15) is 5.75 Å². The summed E-state index contributed by atoms with van der Waals surface area (Å²) in [5, 5.41) is 4.33. The molecule has 0 bridgehead atoms. The molecule has 0 aliphatic heterocycles. The molecule has 0 spiro atoms. The molecule has 3 aromatic rings. The molecule has 0 amide bonds. The summed E-state index contributed by atoms with van der Waals surface area (Å²) in [4.78, 5) is 4.33. The van der Waals surface area contributed by atoms with Crippen molar-refractivity contribution in [2.75, 3.05) is 18.2 Å². The molecule has 100 valence electrons. The van der Waals surface area contributed by atoms with Crippen molar-refractivity contribution < 1.29 is 4.74 Å². The molecule has 0 fully saturated rings. The number of methoxy groups -OCH3 is 1. The van der Waals surface area contributed by atoms with Crippen molar-refractivity contribution in [2.24, 2.45) is 0 Å². The van der Waals surface area contributed by atoms with Crippen LogP contribution >= 0.6 is 0 Å². The van der Waals surface area contributed by atoms with Gasteiger partial charge in [0, 0.05) is 5.39 Å². The Morgan fingerprint density at radius 2 is 1.80 bits per heavy atom. The van der Waals surface area contributed by atoms with Crippen LogP contribution in [0.5, 0.6) is 5.75 Å². The number of benzene rings is 2. The Morgan fingerprint density at radius 1 is 1.05 bits per heavy atom. The maximum Gasteiger partial charge on any atom is 0.142 e. The van der Waals surface area contributed by atoms with E-state index in [2.05, 4.69) is 10.3 Å². The van der Waals surface area contributed by atoms with Crippen molar-refractivity contribution in [3.8, 4) is 5.75 Å². The average Bonchev–Trinajstić information content (AvgIpc) is 2.50. The quantitative estimate of drug-likeness (QED) is 0.760. The summed E-state index contributed by atoms with van der Waals surface area (Å²) in [7, 11) is 1.65. The highest BCUT2D eigenvalue weighted by atomic mass is 16.5. The lowest BCUT2D eigenvalue weighted by Gasteiger charge is -2.14. The first-order valence-electron chi connectivity index (χ1n) is 6.33. The topological polar surface area (TPSA) is 60.2 Å². The Kier molecular flexibility index (Phi) is 3.13. The average molecular weight is 265 g/mol. The first-order chi connectivity index (χ1) is 9.79. The van der Waals surface area contributed by atoms with Crippen LogP contribution in [0.3, 0.4) is 0 Å². The van der Waals surface area contributed by atoms with E-state index in [9.17, 15) is 0 Å². The molecule has 0 aliphatic carbocycles. The van der Waals surface area contributed by atoms with E-state index < -0.39 is 0 Å². The number of hydrogen-bond acceptors (Lipinski definition) is 4. The summed E-state index contributed by atoms with van der Waals surface area (Å²) < 4.78 is 5.35. The fourth-order valence-corrected chi connectivity index (χ4v) is 2.18. The zero-order chi connectivity index (χ0) is 13.9. The fourth-order valence-electron chi connectivity index (χ4n) is 2.18. The van der Waals surface area contributed by atoms with Gasteiger partial charge in [-0.1, -0.05) is 30.3 Å². The summed E-state index contributed by atoms with van der Waals surface area (Å²) in [5.41, 5.74) is 9.29. The van der Waals surface area contributed by atoms with E-state index in [1.165, 1.54) is 0 Å². The van der Waals surface area contributed by atoms with Crippen LogP contribution in [0.1, 0.15) is 0 Å². The van der Waals surface area contributed by atoms with E-state index in [1.807, 2.05) is 48.5 Å². The highest BCUT2D eigenvalue weighted by molar-refractivity contribution is 5.99. The van der Waals surface area contributed by atoms with Crippen molar-refractivity contribution in [1.82, 2.24) is 4.98 Å². The normalized spacial score (nSPS) is 10.4. The highest BCUT2D eigenvalue weighted by Gasteiger charge is 2.09. The SMILES string of the molecule is COc1ccccc1Nc1c(N)cnc2ccccc12. The Hall–Kier alpha value is -2.75. The second kappa shape index (κ2) is 5.09. The minimum absolute atomic E-state index is 0.606. The monoisotopic (exact) mass is 265 g/mol. The Morgan fingerprint density at radius 3 is 2.65 bits per heavy atom. The van der Waals surface area contributed by atoms with Gasteiger partial charge in [-0.3, -0.25) is 4.98 Å². The lowest BCUT2D eigenvalue weighted by molar-refractivity contribution is 0.417. The number of nitrogens with two attached hydrogens (primary N) is 1. The molecular formula is C16H15N3O. The molecule has 0 aliphatic rings. The number of nitrogen functional groups attached to an aromatic ring is 1. The fraction of sp³-hybridized carbons (Fsp3) is 0.0625. The molecule has 20 heavy (non-hydrogen) atoms. The van der Waals surface area contributed by atoms with Crippen molar-refractivity contribution in [1.29, 1.82) is 0 Å². The molecule has 0 atom stereocenters. The van der Waals surface area contributed by atoms with Gasteiger partial charge in [0.05, 0.1) is 35.9 Å². The van der Waals surface area contributed by atoms with Gasteiger partial charge in [0.25, 0.3) is 0 Å². The van der Waals surface area contributed by atoms with Gasteiger partial charge in [-0.15, -0.1) is 0 Å². The van der Waals surface area contributed by atoms with Gasteiger partial charge in [0.15, 0.2) is 0 Å². The predicted molar refractivity (Wildman–Crippen MR) is 82.4 cm³/mol. The third-order valence-corrected chi connectivity index (χ3v) is 3.17. The first kappa shape index (κ1) is 12.3. The number of hydrogen-bond donors (Lipinski definition) is 2. The molecular weight excluding hydrogens is 250 g/mol. The number of pyridine rings is 1. The molecule has 3 rings (SSSR count). The molecule has 4 nitrogen and oxygen atoms in total. The van der Waals surface area contributed by atoms with E-state index >= 15 is 0 Å². The van der Waals surface area contributed by atoms with Gasteiger partial charge in [-0.25, -0.2) is 0 Å². The molecule has 0 radical (unpaired) electrons. The number of ether oxygens (including phenoxy) is 1. The minimum Gasteiger partial charge on any atom is -0.495 e. The number of aromatic nitrogens is 1. The molecule has 0 unspecified atom stereocenters. The van der Waals surface area contributed by atoms with Crippen molar-refractivity contribution in [3.63, 3.8) is 0 Å². The zero-order valence-electron chi connectivity index (χ0n) is 11.1. The number of para-hydroxylation sites is 3. The maximum atomic E-state index is 6.06. The second-order valence-corrected chi connectivity index (χ2v) is 4.43. The van der Waals surface area contributed by atoms with Crippen LogP contribution in [0.4, 0.5) is 17.1 Å². The summed E-state index contributed by atoms with van der Waals surface area (Å²) in [6, 6.07) is 15.6. The number of rotatable bonds is 3. The largest absolute Gasteiger partial charge is 0.495 e. The molecule has 0 saturated heterocycles. The molecule has 0 saturated carbocycles. The smallest absolute Gasteiger partial charge is 0.142 e. The van der Waals surface area contributed by atoms with Crippen LogP contribution in [-0.4, -0.2) is 12.1 Å². The van der Waals surface area contributed by atoms with Crippen LogP contribution in [0, 0.1) is 0 Å². The van der Waals surface area contributed by atoms with Crippen LogP contribution in [-0.2, 0) is 0 Å². The lowest BCUT2D eigenvalue weighted by Crippen LogP contribution is -2.00. The molecule has 4 heteroatoms. The van der Waals surface area contributed by atoms with Crippen LogP contribution < -0.4 is 15.8 Å². The van der Waals surface area contributed by atoms with Gasteiger partial charge < -0.3 is 15.8 Å². The first-order valence-corrected chi connectivity index (χ1v) is 6.33. The van der Waals surface area contributed by atoms with E-state index in [-0.39, 0.29) is 0 Å². The van der Waals surface area contributed by atoms with Crippen molar-refractivity contribution in [3.05, 3.63) is 54.7 Å². The van der Waals surface area contributed by atoms with E-state index in [4.69, 9.17) is 10.5 Å². The molecule has 2 aromatic carbocycles. The van der Waals surface area contributed by atoms with Crippen LogP contribution in [0.2, 0.25) is 0 Å². The van der Waals surface area contributed by atoms with Crippen molar-refractivity contribution in [2.45, 2.75) is 0 Å². The van der Waals surface area contributed by atoms with Crippen molar-refractivity contribution >= 4 is 28.0 Å². The summed E-state index contributed by atoms with van der Waals surface area (Å²) in [5.74, 6) is 0.771. The maximum absolute atomic E-state index is 6.06. The molecule has 1 heterocycles. The van der Waals surface area contributed by atoms with Gasteiger partial charge in [-0.05, 0) is 18.2 Å². The highest BCUT2D eigenvalue weighted by Crippen LogP contribution is 2.33. The second-order valence-electron chi connectivity index (χ2n) is 4.43. The Balaban J connectivity index is 2.13. The van der Waals surface area contributed by atoms with E-state index in [0.29, 0.717) is 5.69 Å². The minimum atomic E-state index is 0.606. The number of fused-ring (bicyclic) bond motifs is 1. The third kappa shape index (κ3) is 2.12. The number of nitrogens with one attached hydrogen (secondary N) is 1. The number of nitrogens with zero attached hydrogens (tertiary/aromatic N) is 1. The summed E-state index contributed by atoms with van der Waals surface area (Å²) in [6.07, 6.45) is 1.67. The standard InChI is InChI=1S/C16H15N3O/c1-20-15-9-5-4-8-14(15)19-16-11-6-2-3-7-13(11)18-10-12(16)17/h2-10H,17H2,1H3,(H,18,19). The Labute approximate surface area is 117 Å². The van der Waals surface area contributed by atoms with Gasteiger partial charge in [-0.2, -0.15) is 0 Å². The van der Waals surface area contributed by atoms with E-state index in [0.717, 1.165) is 28.0 Å². The van der Waals surface area contributed by atoms with Crippen LogP contribution in [0.25, 0.3) is 10.9 Å². The zero-order valence-corrected chi connectivity index (χ0v) is 11.1. The third-order valence-electron chi connectivity index (χ3n) is 3.17. The van der Waals surface area contributed by atoms with Gasteiger partial charge in [0.2, 0.25) is 0 Å². The Bertz CT molecular complexity index is 756. The molecule has 1 aromatic heterocycles. The summed E-state index contributed by atoms with van der Waals surface area (Å²) >= 11 is 0. The summed E-state index contributed by atoms with van der Waals surface area (Å²) in [6.45, 7) is 0.